The third-order valence-corrected chi connectivity index (χ3v) is 9.35. The lowest BCUT2D eigenvalue weighted by Gasteiger charge is -2.41. The number of aliphatic hydroxyl groups excluding tert-OH is 1. The smallest absolute Gasteiger partial charge is 0.326 e. The Balaban J connectivity index is 1.18. The zero-order valence-corrected chi connectivity index (χ0v) is 23.1. The molecule has 0 saturated carbocycles. The van der Waals surface area contributed by atoms with Crippen LogP contribution in [0.4, 0.5) is 16.4 Å². The molecule has 3 fully saturated rings. The van der Waals surface area contributed by atoms with Crippen molar-refractivity contribution >= 4 is 29.4 Å². The zero-order valence-electron chi connectivity index (χ0n) is 22.3. The van der Waals surface area contributed by atoms with Gasteiger partial charge in [-0.25, -0.2) is 19.7 Å². The predicted molar refractivity (Wildman–Crippen MR) is 144 cm³/mol. The van der Waals surface area contributed by atoms with Crippen molar-refractivity contribution in [3.63, 3.8) is 0 Å². The van der Waals surface area contributed by atoms with Gasteiger partial charge in [0.15, 0.2) is 17.4 Å². The highest BCUT2D eigenvalue weighted by Gasteiger charge is 2.48. The molecular weight excluding hydrogens is 522 g/mol. The largest absolute Gasteiger partial charge is 0.486 e. The molecule has 6 heterocycles. The van der Waals surface area contributed by atoms with Crippen LogP contribution in [0.1, 0.15) is 25.5 Å². The number of pyridine rings is 1. The van der Waals surface area contributed by atoms with Gasteiger partial charge in [-0.2, -0.15) is 0 Å². The van der Waals surface area contributed by atoms with E-state index >= 15 is 0 Å². The lowest BCUT2D eigenvalue weighted by atomic mass is 9.73. The summed E-state index contributed by atoms with van der Waals surface area (Å²) in [4.78, 5) is 33.5. The summed E-state index contributed by atoms with van der Waals surface area (Å²) in [5.74, 6) is 1.77. The van der Waals surface area contributed by atoms with Crippen LogP contribution >= 0.6 is 11.8 Å². The number of methoxy groups -OCH3 is 1. The molecule has 39 heavy (non-hydrogen) atoms. The number of nitrogens with zero attached hydrogens (tertiary/aromatic N) is 6. The number of piperidine rings is 1. The Morgan fingerprint density at radius 3 is 2.82 bits per heavy atom. The molecule has 0 bridgehead atoms. The van der Waals surface area contributed by atoms with Crippen LogP contribution in [0.5, 0.6) is 5.75 Å². The summed E-state index contributed by atoms with van der Waals surface area (Å²) < 4.78 is 17.1. The van der Waals surface area contributed by atoms with E-state index in [0.29, 0.717) is 61.0 Å². The zero-order chi connectivity index (χ0) is 27.1. The number of aromatic nitrogens is 3. The van der Waals surface area contributed by atoms with Crippen LogP contribution in [0.2, 0.25) is 0 Å². The minimum absolute atomic E-state index is 0.00942. The number of ether oxygens (including phenoxy) is 3. The first-order valence-electron chi connectivity index (χ1n) is 13.4. The van der Waals surface area contributed by atoms with Crippen molar-refractivity contribution in [2.45, 2.75) is 54.5 Å². The number of fused-ring (bicyclic) bond motifs is 3. The first kappa shape index (κ1) is 26.5. The Morgan fingerprint density at radius 1 is 1.28 bits per heavy atom. The van der Waals surface area contributed by atoms with Crippen molar-refractivity contribution in [2.75, 3.05) is 62.9 Å². The van der Waals surface area contributed by atoms with Crippen LogP contribution in [0.15, 0.2) is 28.4 Å². The van der Waals surface area contributed by atoms with E-state index in [-0.39, 0.29) is 36.2 Å². The molecule has 3 saturated heterocycles. The van der Waals surface area contributed by atoms with Crippen LogP contribution < -0.4 is 20.3 Å². The number of aliphatic hydroxyl groups is 1. The van der Waals surface area contributed by atoms with E-state index in [1.54, 1.807) is 29.3 Å². The lowest BCUT2D eigenvalue weighted by Crippen LogP contribution is -2.51. The number of amides is 2. The molecule has 12 nitrogen and oxygen atoms in total. The van der Waals surface area contributed by atoms with Gasteiger partial charge in [-0.1, -0.05) is 11.8 Å². The van der Waals surface area contributed by atoms with E-state index in [1.165, 1.54) is 11.8 Å². The summed E-state index contributed by atoms with van der Waals surface area (Å²) in [7, 11) is 1.62. The van der Waals surface area contributed by atoms with Gasteiger partial charge in [-0.3, -0.25) is 4.90 Å². The van der Waals surface area contributed by atoms with Gasteiger partial charge in [0.2, 0.25) is 0 Å². The molecule has 4 aliphatic heterocycles. The summed E-state index contributed by atoms with van der Waals surface area (Å²) >= 11 is 1.38. The Kier molecular flexibility index (Phi) is 7.27. The monoisotopic (exact) mass is 557 g/mol. The number of carbonyl (C=O) groups is 1. The third-order valence-electron chi connectivity index (χ3n) is 8.41. The van der Waals surface area contributed by atoms with Crippen molar-refractivity contribution in [1.29, 1.82) is 0 Å². The Bertz CT molecular complexity index is 1230. The molecule has 1 spiro atoms. The average Bonchev–Trinajstić information content (AvgIpc) is 3.43. The summed E-state index contributed by atoms with van der Waals surface area (Å²) in [6.07, 6.45) is 5.31. The molecule has 0 aliphatic carbocycles. The third kappa shape index (κ3) is 4.69. The molecule has 1 unspecified atom stereocenters. The molecule has 4 aliphatic rings. The molecular formula is C26H35N7O5S. The van der Waals surface area contributed by atoms with Gasteiger partial charge >= 0.3 is 6.03 Å². The fraction of sp³-hybridized carbons (Fsp3) is 0.615. The highest BCUT2D eigenvalue weighted by molar-refractivity contribution is 7.99. The number of rotatable bonds is 7. The molecule has 0 aromatic carbocycles. The van der Waals surface area contributed by atoms with Crippen LogP contribution in [0, 0.1) is 5.41 Å². The molecule has 13 heteroatoms. The van der Waals surface area contributed by atoms with Gasteiger partial charge in [0, 0.05) is 50.9 Å². The quantitative estimate of drug-likeness (QED) is 0.512. The highest BCUT2D eigenvalue weighted by Crippen LogP contribution is 2.45. The van der Waals surface area contributed by atoms with E-state index in [1.807, 2.05) is 13.0 Å². The maximum absolute atomic E-state index is 13.1. The van der Waals surface area contributed by atoms with Crippen LogP contribution in [0.3, 0.4) is 0 Å². The second-order valence-electron chi connectivity index (χ2n) is 10.6. The van der Waals surface area contributed by atoms with E-state index < -0.39 is 0 Å². The fourth-order valence-corrected chi connectivity index (χ4v) is 6.92. The minimum atomic E-state index is -0.218. The van der Waals surface area contributed by atoms with Gasteiger partial charge in [0.1, 0.15) is 17.3 Å². The Labute approximate surface area is 231 Å². The predicted octanol–water partition coefficient (Wildman–Crippen LogP) is 1.50. The second-order valence-corrected chi connectivity index (χ2v) is 11.7. The second kappa shape index (κ2) is 10.7. The summed E-state index contributed by atoms with van der Waals surface area (Å²) in [6, 6.07) is 1.70. The first-order valence-corrected chi connectivity index (χ1v) is 14.2. The summed E-state index contributed by atoms with van der Waals surface area (Å²) in [6.45, 7) is 6.06. The van der Waals surface area contributed by atoms with Gasteiger partial charge in [0.05, 0.1) is 43.1 Å². The fourth-order valence-electron chi connectivity index (χ4n) is 6.06. The maximum Gasteiger partial charge on any atom is 0.326 e. The molecule has 6 rings (SSSR count). The molecule has 2 aromatic heterocycles. The Morgan fingerprint density at radius 2 is 2.10 bits per heavy atom. The maximum atomic E-state index is 13.1. The van der Waals surface area contributed by atoms with Crippen molar-refractivity contribution in [2.24, 2.45) is 11.1 Å². The van der Waals surface area contributed by atoms with E-state index in [2.05, 4.69) is 9.88 Å². The molecule has 3 N–H and O–H groups in total. The van der Waals surface area contributed by atoms with Crippen LogP contribution in [0.25, 0.3) is 0 Å². The number of nitrogens with two attached hydrogens (primary N) is 1. The van der Waals surface area contributed by atoms with Gasteiger partial charge in [-0.05, 0) is 25.8 Å². The summed E-state index contributed by atoms with van der Waals surface area (Å²) in [5, 5.41) is 10.8. The SMILES string of the molecule is COCCN1CC2COc3c(Sc4cnc(N5CCC6(CC5)CO[C@@H](C)[C@H]6N)c(CO)n4)ccnc3N2C1=O. The number of carbonyl (C=O) groups excluding carboxylic acids is 1. The molecule has 2 aromatic rings. The van der Waals surface area contributed by atoms with E-state index in [4.69, 9.17) is 29.9 Å². The van der Waals surface area contributed by atoms with Crippen molar-refractivity contribution in [3.05, 3.63) is 24.2 Å². The Hall–Kier alpha value is -2.71. The number of hydrogen-bond acceptors (Lipinski definition) is 11. The molecule has 3 atom stereocenters. The summed E-state index contributed by atoms with van der Waals surface area (Å²) in [5.41, 5.74) is 7.01. The van der Waals surface area contributed by atoms with Crippen molar-refractivity contribution < 1.29 is 24.1 Å². The topological polar surface area (TPSA) is 139 Å². The molecule has 210 valence electrons. The number of urea groups is 1. The van der Waals surface area contributed by atoms with Crippen molar-refractivity contribution in [3.8, 4) is 5.75 Å². The van der Waals surface area contributed by atoms with Gasteiger partial charge in [0.25, 0.3) is 0 Å². The van der Waals surface area contributed by atoms with Crippen LogP contribution in [-0.2, 0) is 16.1 Å². The lowest BCUT2D eigenvalue weighted by molar-refractivity contribution is 0.0973. The standard InChI is InChI=1S/C26H35N7O5S/c1-16-22(27)26(15-38-16)4-7-31(8-5-26)23-18(13-34)30-20(11-29-23)39-19-3-6-28-24-21(19)37-14-17-12-32(9-10-36-2)25(35)33(17)24/h3,6,11,16-17,22,34H,4-5,7-10,12-15,27H2,1-2H3/t16-,17?,22+/m0/s1. The van der Waals surface area contributed by atoms with E-state index in [0.717, 1.165) is 30.8 Å². The first-order chi connectivity index (χ1) is 18.9. The van der Waals surface area contributed by atoms with E-state index in [9.17, 15) is 9.90 Å². The van der Waals surface area contributed by atoms with Gasteiger partial charge < -0.3 is 34.9 Å². The highest BCUT2D eigenvalue weighted by atomic mass is 32.2. The van der Waals surface area contributed by atoms with Crippen molar-refractivity contribution in [1.82, 2.24) is 19.9 Å². The molecule has 2 amide bonds. The normalized spacial score (nSPS) is 25.7. The molecule has 0 radical (unpaired) electrons. The number of anilines is 2. The van der Waals surface area contributed by atoms with Gasteiger partial charge in [-0.15, -0.1) is 0 Å². The number of hydrogen-bond donors (Lipinski definition) is 2. The average molecular weight is 558 g/mol. The minimum Gasteiger partial charge on any atom is -0.486 e. The van der Waals surface area contributed by atoms with Crippen LogP contribution in [-0.4, -0.2) is 102 Å².